The van der Waals surface area contributed by atoms with E-state index in [4.69, 9.17) is 15.2 Å². The Hall–Kier alpha value is -2.23. The number of nitrogen functional groups attached to an aromatic ring is 1. The van der Waals surface area contributed by atoms with E-state index >= 15 is 0 Å². The van der Waals surface area contributed by atoms with Gasteiger partial charge in [0.15, 0.2) is 0 Å². The third kappa shape index (κ3) is 1.97. The van der Waals surface area contributed by atoms with Crippen molar-refractivity contribution in [3.63, 3.8) is 0 Å². The third-order valence-electron chi connectivity index (χ3n) is 2.74. The van der Waals surface area contributed by atoms with Crippen LogP contribution in [0, 0.1) is 0 Å². The molecule has 2 aromatic carbocycles. The molecule has 0 saturated carbocycles. The summed E-state index contributed by atoms with van der Waals surface area (Å²) in [6.45, 7) is 2.08. The number of nitrogens with two attached hydrogens (primary N) is 1. The van der Waals surface area contributed by atoms with Crippen molar-refractivity contribution >= 4 is 22.4 Å². The summed E-state index contributed by atoms with van der Waals surface area (Å²) < 4.78 is 10.3. The lowest BCUT2D eigenvalue weighted by Gasteiger charge is -2.12. The molecule has 0 atom stereocenters. The van der Waals surface area contributed by atoms with Crippen LogP contribution >= 0.6 is 0 Å². The van der Waals surface area contributed by atoms with E-state index in [1.807, 2.05) is 24.3 Å². The fraction of sp³-hybridized carbons (Fsp3) is 0.214. The fourth-order valence-corrected chi connectivity index (χ4v) is 1.96. The molecule has 0 bridgehead atoms. The number of carbonyl (C=O) groups is 1. The van der Waals surface area contributed by atoms with Crippen LogP contribution in [0.5, 0.6) is 5.75 Å². The van der Waals surface area contributed by atoms with Crippen LogP contribution in [0.3, 0.4) is 0 Å². The molecule has 4 heteroatoms. The lowest BCUT2D eigenvalue weighted by atomic mass is 10.0. The lowest BCUT2D eigenvalue weighted by molar-refractivity contribution is 0.0530. The monoisotopic (exact) mass is 245 g/mol. The van der Waals surface area contributed by atoms with Crippen LogP contribution in [-0.4, -0.2) is 19.7 Å². The molecular weight excluding hydrogens is 230 g/mol. The fourth-order valence-electron chi connectivity index (χ4n) is 1.96. The summed E-state index contributed by atoms with van der Waals surface area (Å²) in [4.78, 5) is 11.9. The van der Waals surface area contributed by atoms with E-state index in [1.165, 1.54) is 0 Å². The summed E-state index contributed by atoms with van der Waals surface area (Å²) >= 11 is 0. The number of anilines is 1. The summed E-state index contributed by atoms with van der Waals surface area (Å²) in [6.07, 6.45) is 0. The average Bonchev–Trinajstić information content (AvgIpc) is 2.37. The zero-order valence-corrected chi connectivity index (χ0v) is 10.4. The SMILES string of the molecule is CCOC(=O)c1c(N)cc(OC)c2ccccc12. The largest absolute Gasteiger partial charge is 0.496 e. The van der Waals surface area contributed by atoms with Gasteiger partial charge in [0.25, 0.3) is 0 Å². The Morgan fingerprint density at radius 3 is 2.56 bits per heavy atom. The Bertz CT molecular complexity index is 593. The predicted molar refractivity (Wildman–Crippen MR) is 70.9 cm³/mol. The van der Waals surface area contributed by atoms with Gasteiger partial charge in [-0.1, -0.05) is 24.3 Å². The van der Waals surface area contributed by atoms with E-state index in [-0.39, 0.29) is 0 Å². The van der Waals surface area contributed by atoms with Crippen LogP contribution in [-0.2, 0) is 4.74 Å². The number of benzene rings is 2. The van der Waals surface area contributed by atoms with Gasteiger partial charge in [-0.2, -0.15) is 0 Å². The van der Waals surface area contributed by atoms with Crippen molar-refractivity contribution in [1.82, 2.24) is 0 Å². The Balaban J connectivity index is 2.73. The number of hydrogen-bond acceptors (Lipinski definition) is 4. The van der Waals surface area contributed by atoms with Crippen LogP contribution in [0.4, 0.5) is 5.69 Å². The number of carbonyl (C=O) groups excluding carboxylic acids is 1. The van der Waals surface area contributed by atoms with Gasteiger partial charge in [-0.25, -0.2) is 4.79 Å². The summed E-state index contributed by atoms with van der Waals surface area (Å²) in [7, 11) is 1.57. The molecule has 94 valence electrons. The van der Waals surface area contributed by atoms with E-state index < -0.39 is 5.97 Å². The van der Waals surface area contributed by atoms with Crippen molar-refractivity contribution in [2.45, 2.75) is 6.92 Å². The van der Waals surface area contributed by atoms with Crippen molar-refractivity contribution in [3.8, 4) is 5.75 Å². The van der Waals surface area contributed by atoms with E-state index in [9.17, 15) is 4.79 Å². The van der Waals surface area contributed by atoms with Crippen molar-refractivity contribution < 1.29 is 14.3 Å². The highest BCUT2D eigenvalue weighted by Gasteiger charge is 2.17. The second-order valence-corrected chi connectivity index (χ2v) is 3.81. The van der Waals surface area contributed by atoms with Gasteiger partial charge >= 0.3 is 5.97 Å². The number of ether oxygens (including phenoxy) is 2. The summed E-state index contributed by atoms with van der Waals surface area (Å²) in [5.41, 5.74) is 6.67. The molecule has 0 spiro atoms. The van der Waals surface area contributed by atoms with Gasteiger partial charge in [0.2, 0.25) is 0 Å². The first-order chi connectivity index (χ1) is 8.69. The molecular formula is C14H15NO3. The number of rotatable bonds is 3. The smallest absolute Gasteiger partial charge is 0.340 e. The van der Waals surface area contributed by atoms with Gasteiger partial charge in [0.05, 0.1) is 25.0 Å². The molecule has 0 aliphatic heterocycles. The maximum atomic E-state index is 11.9. The van der Waals surface area contributed by atoms with Crippen LogP contribution < -0.4 is 10.5 Å². The maximum Gasteiger partial charge on any atom is 0.340 e. The predicted octanol–water partition coefficient (Wildman–Crippen LogP) is 2.61. The first kappa shape index (κ1) is 12.2. The van der Waals surface area contributed by atoms with Gasteiger partial charge in [0.1, 0.15) is 5.75 Å². The second-order valence-electron chi connectivity index (χ2n) is 3.81. The van der Waals surface area contributed by atoms with Crippen molar-refractivity contribution in [1.29, 1.82) is 0 Å². The highest BCUT2D eigenvalue weighted by atomic mass is 16.5. The van der Waals surface area contributed by atoms with Gasteiger partial charge in [-0.05, 0) is 6.92 Å². The third-order valence-corrected chi connectivity index (χ3v) is 2.74. The van der Waals surface area contributed by atoms with Crippen LogP contribution in [0.2, 0.25) is 0 Å². The molecule has 0 aromatic heterocycles. The van der Waals surface area contributed by atoms with Gasteiger partial charge in [-0.3, -0.25) is 0 Å². The van der Waals surface area contributed by atoms with Crippen LogP contribution in [0.25, 0.3) is 10.8 Å². The van der Waals surface area contributed by atoms with Crippen molar-refractivity contribution in [2.75, 3.05) is 19.5 Å². The molecule has 0 unspecified atom stereocenters. The first-order valence-electron chi connectivity index (χ1n) is 5.71. The normalized spacial score (nSPS) is 10.3. The van der Waals surface area contributed by atoms with E-state index in [0.29, 0.717) is 23.6 Å². The molecule has 2 N–H and O–H groups in total. The molecule has 18 heavy (non-hydrogen) atoms. The quantitative estimate of drug-likeness (QED) is 0.667. The molecule has 4 nitrogen and oxygen atoms in total. The minimum atomic E-state index is -0.408. The summed E-state index contributed by atoms with van der Waals surface area (Å²) in [6, 6.07) is 9.10. The van der Waals surface area contributed by atoms with Gasteiger partial charge in [0, 0.05) is 16.8 Å². The number of hydrogen-bond donors (Lipinski definition) is 1. The van der Waals surface area contributed by atoms with Gasteiger partial charge < -0.3 is 15.2 Å². The first-order valence-corrected chi connectivity index (χ1v) is 5.71. The van der Waals surface area contributed by atoms with Crippen LogP contribution in [0.1, 0.15) is 17.3 Å². The molecule has 0 amide bonds. The van der Waals surface area contributed by atoms with E-state index in [1.54, 1.807) is 20.1 Å². The molecule has 0 radical (unpaired) electrons. The van der Waals surface area contributed by atoms with Crippen LogP contribution in [0.15, 0.2) is 30.3 Å². The number of fused-ring (bicyclic) bond motifs is 1. The lowest BCUT2D eigenvalue weighted by Crippen LogP contribution is -2.09. The van der Waals surface area contributed by atoms with Crippen molar-refractivity contribution in [2.24, 2.45) is 0 Å². The standard InChI is InChI=1S/C14H15NO3/c1-3-18-14(16)13-10-7-5-4-6-9(10)12(17-2)8-11(13)15/h4-8H,3,15H2,1-2H3. The average molecular weight is 245 g/mol. The minimum Gasteiger partial charge on any atom is -0.496 e. The van der Waals surface area contributed by atoms with E-state index in [0.717, 1.165) is 10.8 Å². The molecule has 0 aliphatic rings. The Kier molecular flexibility index (Phi) is 3.37. The topological polar surface area (TPSA) is 61.5 Å². The minimum absolute atomic E-state index is 0.318. The van der Waals surface area contributed by atoms with E-state index in [2.05, 4.69) is 0 Å². The number of methoxy groups -OCH3 is 1. The zero-order chi connectivity index (χ0) is 13.1. The molecule has 2 aromatic rings. The molecule has 0 fully saturated rings. The maximum absolute atomic E-state index is 11.9. The Morgan fingerprint density at radius 1 is 1.28 bits per heavy atom. The molecule has 2 rings (SSSR count). The number of esters is 1. The molecule has 0 aliphatic carbocycles. The Labute approximate surface area is 105 Å². The zero-order valence-electron chi connectivity index (χ0n) is 10.4. The summed E-state index contributed by atoms with van der Waals surface area (Å²) in [5, 5.41) is 1.59. The molecule has 0 saturated heterocycles. The summed E-state index contributed by atoms with van der Waals surface area (Å²) in [5.74, 6) is 0.241. The van der Waals surface area contributed by atoms with Gasteiger partial charge in [-0.15, -0.1) is 0 Å². The molecule has 0 heterocycles. The second kappa shape index (κ2) is 4.96. The Morgan fingerprint density at radius 2 is 1.94 bits per heavy atom. The highest BCUT2D eigenvalue weighted by molar-refractivity contribution is 6.10. The van der Waals surface area contributed by atoms with Crippen molar-refractivity contribution in [3.05, 3.63) is 35.9 Å². The highest BCUT2D eigenvalue weighted by Crippen LogP contribution is 2.33.